The van der Waals surface area contributed by atoms with Crippen LogP contribution in [0.15, 0.2) is 24.3 Å². The minimum absolute atomic E-state index is 0.253. The van der Waals surface area contributed by atoms with Crippen molar-refractivity contribution in [2.75, 3.05) is 0 Å². The van der Waals surface area contributed by atoms with Crippen LogP contribution in [0.4, 0.5) is 9.59 Å². The van der Waals surface area contributed by atoms with Gasteiger partial charge >= 0.3 is 12.1 Å². The number of benzene rings is 1. The number of imide groups is 1. The molecule has 1 aromatic carbocycles. The van der Waals surface area contributed by atoms with Gasteiger partial charge in [0.15, 0.2) is 0 Å². The van der Waals surface area contributed by atoms with Gasteiger partial charge in [0.1, 0.15) is 5.54 Å². The van der Waals surface area contributed by atoms with Gasteiger partial charge in [-0.15, -0.1) is 0 Å². The molecule has 2 aliphatic rings. The van der Waals surface area contributed by atoms with Gasteiger partial charge in [-0.2, -0.15) is 5.01 Å². The van der Waals surface area contributed by atoms with Crippen molar-refractivity contribution < 1.29 is 19.2 Å². The van der Waals surface area contributed by atoms with Crippen LogP contribution in [0.2, 0.25) is 5.02 Å². The number of hydrogen-bond acceptors (Lipinski definition) is 4. The summed E-state index contributed by atoms with van der Waals surface area (Å²) in [6.45, 7) is 0. The fraction of sp³-hybridized carbons (Fsp3) is 0.444. The Hall–Kier alpha value is -2.81. The SMILES string of the molecule is NC(=O)N[C@@H](CC(=O)NN1C(=O)NC2(CCCCC2)C1=O)c1ccccc1Cl. The second kappa shape index (κ2) is 8.05. The van der Waals surface area contributed by atoms with Crippen molar-refractivity contribution in [1.29, 1.82) is 0 Å². The van der Waals surface area contributed by atoms with E-state index in [0.717, 1.165) is 24.3 Å². The molecule has 1 aromatic rings. The third kappa shape index (κ3) is 4.04. The van der Waals surface area contributed by atoms with Gasteiger partial charge in [0.05, 0.1) is 12.5 Å². The zero-order chi connectivity index (χ0) is 20.3. The number of hydrogen-bond donors (Lipinski definition) is 4. The van der Waals surface area contributed by atoms with Gasteiger partial charge < -0.3 is 16.4 Å². The maximum atomic E-state index is 12.7. The van der Waals surface area contributed by atoms with Crippen LogP contribution >= 0.6 is 11.6 Å². The molecule has 150 valence electrons. The van der Waals surface area contributed by atoms with E-state index in [1.165, 1.54) is 0 Å². The van der Waals surface area contributed by atoms with Crippen molar-refractivity contribution >= 4 is 35.5 Å². The fourth-order valence-electron chi connectivity index (χ4n) is 3.74. The average Bonchev–Trinajstić information content (AvgIpc) is 2.86. The summed E-state index contributed by atoms with van der Waals surface area (Å²) in [6.07, 6.45) is 3.53. The van der Waals surface area contributed by atoms with Crippen LogP contribution < -0.4 is 21.8 Å². The standard InChI is InChI=1S/C18H22ClN5O4/c19-12-7-3-2-6-11(12)13(21-16(20)27)10-14(25)23-24-15(26)18(22-17(24)28)8-4-1-5-9-18/h2-3,6-7,13H,1,4-5,8-10H2,(H,22,28)(H,23,25)(H3,20,21,27)/t13-/m0/s1. The number of carbonyl (C=O) groups is 4. The van der Waals surface area contributed by atoms with Crippen LogP contribution in [-0.2, 0) is 9.59 Å². The van der Waals surface area contributed by atoms with E-state index >= 15 is 0 Å². The first kappa shape index (κ1) is 19.9. The number of nitrogens with two attached hydrogens (primary N) is 1. The highest BCUT2D eigenvalue weighted by atomic mass is 35.5. The number of hydrazine groups is 1. The zero-order valence-electron chi connectivity index (χ0n) is 15.2. The number of amides is 6. The van der Waals surface area contributed by atoms with E-state index in [4.69, 9.17) is 17.3 Å². The number of halogens is 1. The fourth-order valence-corrected chi connectivity index (χ4v) is 4.01. The van der Waals surface area contributed by atoms with Gasteiger partial charge in [-0.1, -0.05) is 49.1 Å². The molecule has 10 heteroatoms. The molecule has 9 nitrogen and oxygen atoms in total. The van der Waals surface area contributed by atoms with E-state index in [-0.39, 0.29) is 6.42 Å². The second-order valence-electron chi connectivity index (χ2n) is 7.04. The van der Waals surface area contributed by atoms with E-state index < -0.39 is 35.5 Å². The minimum atomic E-state index is -0.934. The quantitative estimate of drug-likeness (QED) is 0.553. The molecule has 1 heterocycles. The number of nitrogens with zero attached hydrogens (tertiary/aromatic N) is 1. The molecule has 0 bridgehead atoms. The predicted octanol–water partition coefficient (Wildman–Crippen LogP) is 1.73. The molecule has 28 heavy (non-hydrogen) atoms. The lowest BCUT2D eigenvalue weighted by Crippen LogP contribution is -2.51. The topological polar surface area (TPSA) is 134 Å². The molecule has 1 aliphatic heterocycles. The lowest BCUT2D eigenvalue weighted by atomic mass is 9.82. The van der Waals surface area contributed by atoms with Crippen molar-refractivity contribution in [3.8, 4) is 0 Å². The number of rotatable bonds is 5. The molecule has 3 rings (SSSR count). The van der Waals surface area contributed by atoms with Crippen molar-refractivity contribution in [1.82, 2.24) is 21.1 Å². The number of carbonyl (C=O) groups excluding carboxylic acids is 4. The van der Waals surface area contributed by atoms with Crippen molar-refractivity contribution in [2.45, 2.75) is 50.1 Å². The molecular weight excluding hydrogens is 386 g/mol. The van der Waals surface area contributed by atoms with Crippen LogP contribution in [0.5, 0.6) is 0 Å². The Morgan fingerprint density at radius 2 is 1.89 bits per heavy atom. The van der Waals surface area contributed by atoms with E-state index in [0.29, 0.717) is 23.4 Å². The highest BCUT2D eigenvalue weighted by Crippen LogP contribution is 2.33. The maximum Gasteiger partial charge on any atom is 0.344 e. The first-order valence-corrected chi connectivity index (χ1v) is 9.47. The molecule has 1 atom stereocenters. The lowest BCUT2D eigenvalue weighted by Gasteiger charge is -2.30. The van der Waals surface area contributed by atoms with Crippen molar-refractivity contribution in [2.24, 2.45) is 5.73 Å². The van der Waals surface area contributed by atoms with Crippen LogP contribution in [0.3, 0.4) is 0 Å². The first-order chi connectivity index (χ1) is 13.3. The number of urea groups is 2. The van der Waals surface area contributed by atoms with Crippen molar-refractivity contribution in [3.05, 3.63) is 34.9 Å². The van der Waals surface area contributed by atoms with Crippen molar-refractivity contribution in [3.63, 3.8) is 0 Å². The summed E-state index contributed by atoms with van der Waals surface area (Å²) < 4.78 is 0. The molecule has 1 aliphatic carbocycles. The van der Waals surface area contributed by atoms with E-state index in [1.54, 1.807) is 24.3 Å². The molecule has 5 N–H and O–H groups in total. The zero-order valence-corrected chi connectivity index (χ0v) is 15.9. The Morgan fingerprint density at radius 3 is 2.54 bits per heavy atom. The summed E-state index contributed by atoms with van der Waals surface area (Å²) in [5, 5.41) is 6.25. The normalized spacial score (nSPS) is 19.2. The second-order valence-corrected chi connectivity index (χ2v) is 7.44. The van der Waals surface area contributed by atoms with E-state index in [2.05, 4.69) is 16.1 Å². The number of primary amides is 1. The molecule has 2 fully saturated rings. The third-order valence-corrected chi connectivity index (χ3v) is 5.44. The Balaban J connectivity index is 1.71. The van der Waals surface area contributed by atoms with Gasteiger partial charge in [-0.05, 0) is 24.5 Å². The summed E-state index contributed by atoms with van der Waals surface area (Å²) in [5.41, 5.74) is 7.11. The molecule has 0 aromatic heterocycles. The first-order valence-electron chi connectivity index (χ1n) is 9.09. The van der Waals surface area contributed by atoms with Gasteiger partial charge in [0.2, 0.25) is 5.91 Å². The van der Waals surface area contributed by atoms with Crippen LogP contribution in [0.25, 0.3) is 0 Å². The Labute approximate surface area is 166 Å². The smallest absolute Gasteiger partial charge is 0.344 e. The molecule has 1 saturated heterocycles. The summed E-state index contributed by atoms with van der Waals surface area (Å²) in [5.74, 6) is -1.09. The molecule has 1 spiro atoms. The average molecular weight is 408 g/mol. The molecule has 6 amide bonds. The van der Waals surface area contributed by atoms with Gasteiger partial charge in [-0.3, -0.25) is 15.0 Å². The predicted molar refractivity (Wildman–Crippen MR) is 101 cm³/mol. The molecule has 1 saturated carbocycles. The Bertz CT molecular complexity index is 809. The minimum Gasteiger partial charge on any atom is -0.352 e. The van der Waals surface area contributed by atoms with Gasteiger partial charge in [-0.25, -0.2) is 9.59 Å². The number of nitrogens with one attached hydrogen (secondary N) is 3. The van der Waals surface area contributed by atoms with Crippen LogP contribution in [0, 0.1) is 0 Å². The summed E-state index contributed by atoms with van der Waals surface area (Å²) in [6, 6.07) is 4.40. The maximum absolute atomic E-state index is 12.7. The Kier molecular flexibility index (Phi) is 5.73. The summed E-state index contributed by atoms with van der Waals surface area (Å²) >= 11 is 6.15. The van der Waals surface area contributed by atoms with Gasteiger partial charge in [0, 0.05) is 5.02 Å². The van der Waals surface area contributed by atoms with E-state index in [1.807, 2.05) is 0 Å². The third-order valence-electron chi connectivity index (χ3n) is 5.09. The molecule has 0 radical (unpaired) electrons. The molecular formula is C18H22ClN5O4. The summed E-state index contributed by atoms with van der Waals surface area (Å²) in [7, 11) is 0. The van der Waals surface area contributed by atoms with E-state index in [9.17, 15) is 19.2 Å². The van der Waals surface area contributed by atoms with Crippen LogP contribution in [0.1, 0.15) is 50.1 Å². The lowest BCUT2D eigenvalue weighted by molar-refractivity contribution is -0.140. The largest absolute Gasteiger partial charge is 0.352 e. The highest BCUT2D eigenvalue weighted by Gasteiger charge is 2.52. The highest BCUT2D eigenvalue weighted by molar-refractivity contribution is 6.31. The summed E-state index contributed by atoms with van der Waals surface area (Å²) in [4.78, 5) is 48.8. The van der Waals surface area contributed by atoms with Crippen LogP contribution in [-0.4, -0.2) is 34.4 Å². The monoisotopic (exact) mass is 407 g/mol. The molecule has 0 unspecified atom stereocenters. The Morgan fingerprint density at radius 1 is 1.21 bits per heavy atom. The van der Waals surface area contributed by atoms with Gasteiger partial charge in [0.25, 0.3) is 5.91 Å².